The number of fused-ring (bicyclic) bond motifs is 1. The van der Waals surface area contributed by atoms with E-state index in [1.807, 2.05) is 37.3 Å². The van der Waals surface area contributed by atoms with Gasteiger partial charge in [0.15, 0.2) is 0 Å². The minimum Gasteiger partial charge on any atom is -0.465 e. The molecule has 122 valence electrons. The standard InChI is InChI=1S/C20H19NO3/c1-3-15-12-17(16-6-4-5-7-18(16)21-15)19(22)13-8-10-14(11-9-13)20(23)24-2/h4-12,19,22H,3H2,1-2H3. The molecular formula is C20H19NO3. The van der Waals surface area contributed by atoms with Crippen molar-refractivity contribution in [3.63, 3.8) is 0 Å². The first-order valence-electron chi connectivity index (χ1n) is 7.89. The third-order valence-corrected chi connectivity index (χ3v) is 4.11. The monoisotopic (exact) mass is 321 g/mol. The van der Waals surface area contributed by atoms with Gasteiger partial charge in [-0.2, -0.15) is 0 Å². The van der Waals surface area contributed by atoms with Crippen molar-refractivity contribution in [2.45, 2.75) is 19.4 Å². The maximum absolute atomic E-state index is 11.5. The number of pyridine rings is 1. The van der Waals surface area contributed by atoms with Crippen molar-refractivity contribution in [1.82, 2.24) is 4.98 Å². The molecule has 0 aliphatic carbocycles. The summed E-state index contributed by atoms with van der Waals surface area (Å²) in [6, 6.07) is 16.6. The fourth-order valence-electron chi connectivity index (χ4n) is 2.77. The molecule has 0 aliphatic heterocycles. The molecule has 1 aromatic heterocycles. The van der Waals surface area contributed by atoms with Gasteiger partial charge in [0.05, 0.1) is 18.2 Å². The second-order valence-corrected chi connectivity index (χ2v) is 5.59. The Morgan fingerprint density at radius 1 is 1.17 bits per heavy atom. The molecule has 4 heteroatoms. The average molecular weight is 321 g/mol. The maximum atomic E-state index is 11.5. The van der Waals surface area contributed by atoms with E-state index < -0.39 is 12.1 Å². The predicted octanol–water partition coefficient (Wildman–Crippen LogP) is 3.67. The van der Waals surface area contributed by atoms with Crippen LogP contribution in [0.4, 0.5) is 0 Å². The molecule has 1 heterocycles. The summed E-state index contributed by atoms with van der Waals surface area (Å²) in [4.78, 5) is 16.1. The van der Waals surface area contributed by atoms with E-state index >= 15 is 0 Å². The van der Waals surface area contributed by atoms with Gasteiger partial charge < -0.3 is 9.84 Å². The first-order valence-corrected chi connectivity index (χ1v) is 7.89. The van der Waals surface area contributed by atoms with Crippen molar-refractivity contribution in [1.29, 1.82) is 0 Å². The number of carbonyl (C=O) groups excluding carboxylic acids is 1. The zero-order valence-corrected chi connectivity index (χ0v) is 13.7. The van der Waals surface area contributed by atoms with Crippen molar-refractivity contribution in [2.75, 3.05) is 7.11 Å². The zero-order chi connectivity index (χ0) is 17.1. The molecule has 2 aromatic carbocycles. The number of carbonyl (C=O) groups is 1. The van der Waals surface area contributed by atoms with Crippen LogP contribution in [0.25, 0.3) is 10.9 Å². The van der Waals surface area contributed by atoms with Crippen LogP contribution in [0.5, 0.6) is 0 Å². The van der Waals surface area contributed by atoms with E-state index in [-0.39, 0.29) is 0 Å². The van der Waals surface area contributed by atoms with Crippen LogP contribution >= 0.6 is 0 Å². The van der Waals surface area contributed by atoms with E-state index in [1.165, 1.54) is 7.11 Å². The highest BCUT2D eigenvalue weighted by atomic mass is 16.5. The Labute approximate surface area is 140 Å². The number of nitrogens with zero attached hydrogens (tertiary/aromatic N) is 1. The molecule has 1 atom stereocenters. The summed E-state index contributed by atoms with van der Waals surface area (Å²) in [7, 11) is 1.35. The lowest BCUT2D eigenvalue weighted by Gasteiger charge is -2.16. The Hall–Kier alpha value is -2.72. The van der Waals surface area contributed by atoms with Gasteiger partial charge in [0, 0.05) is 11.1 Å². The number of para-hydroxylation sites is 1. The van der Waals surface area contributed by atoms with Crippen molar-refractivity contribution in [2.24, 2.45) is 0 Å². The number of esters is 1. The summed E-state index contributed by atoms with van der Waals surface area (Å²) in [6.45, 7) is 2.04. The lowest BCUT2D eigenvalue weighted by atomic mass is 9.96. The van der Waals surface area contributed by atoms with Gasteiger partial charge in [-0.15, -0.1) is 0 Å². The Balaban J connectivity index is 2.04. The van der Waals surface area contributed by atoms with E-state index in [9.17, 15) is 9.90 Å². The van der Waals surface area contributed by atoms with Gasteiger partial charge in [-0.1, -0.05) is 37.3 Å². The Bertz CT molecular complexity index is 872. The molecule has 0 fully saturated rings. The Kier molecular flexibility index (Phi) is 4.58. The average Bonchev–Trinajstić information content (AvgIpc) is 2.66. The van der Waals surface area contributed by atoms with Gasteiger partial charge in [-0.05, 0) is 41.8 Å². The molecule has 0 saturated carbocycles. The SMILES string of the molecule is CCc1cc(C(O)c2ccc(C(=O)OC)cc2)c2ccccc2n1. The maximum Gasteiger partial charge on any atom is 0.337 e. The number of aliphatic hydroxyl groups is 1. The summed E-state index contributed by atoms with van der Waals surface area (Å²) in [5, 5.41) is 11.8. The number of ether oxygens (including phenoxy) is 1. The molecule has 3 rings (SSSR count). The van der Waals surface area contributed by atoms with Crippen LogP contribution in [0, 0.1) is 0 Å². The zero-order valence-electron chi connectivity index (χ0n) is 13.7. The molecule has 0 bridgehead atoms. The van der Waals surface area contributed by atoms with Gasteiger partial charge in [0.1, 0.15) is 6.10 Å². The highest BCUT2D eigenvalue weighted by Gasteiger charge is 2.16. The second-order valence-electron chi connectivity index (χ2n) is 5.59. The molecule has 0 aliphatic rings. The Morgan fingerprint density at radius 2 is 1.88 bits per heavy atom. The normalized spacial score (nSPS) is 12.1. The number of methoxy groups -OCH3 is 1. The summed E-state index contributed by atoms with van der Waals surface area (Å²) >= 11 is 0. The fraction of sp³-hybridized carbons (Fsp3) is 0.200. The molecule has 0 amide bonds. The largest absolute Gasteiger partial charge is 0.465 e. The first kappa shape index (κ1) is 16.1. The number of benzene rings is 2. The summed E-state index contributed by atoms with van der Waals surface area (Å²) in [5.41, 5.74) is 3.82. The third kappa shape index (κ3) is 3.01. The fourth-order valence-corrected chi connectivity index (χ4v) is 2.77. The minimum atomic E-state index is -0.783. The van der Waals surface area contributed by atoms with Crippen LogP contribution in [-0.2, 0) is 11.2 Å². The number of aryl methyl sites for hydroxylation is 1. The quantitative estimate of drug-likeness (QED) is 0.745. The lowest BCUT2D eigenvalue weighted by molar-refractivity contribution is 0.0600. The lowest BCUT2D eigenvalue weighted by Crippen LogP contribution is -2.05. The van der Waals surface area contributed by atoms with Crippen LogP contribution in [0.3, 0.4) is 0 Å². The minimum absolute atomic E-state index is 0.390. The van der Waals surface area contributed by atoms with Gasteiger partial charge >= 0.3 is 5.97 Å². The van der Waals surface area contributed by atoms with Crippen molar-refractivity contribution in [3.05, 3.63) is 77.0 Å². The van der Waals surface area contributed by atoms with Crippen LogP contribution in [0.15, 0.2) is 54.6 Å². The van der Waals surface area contributed by atoms with Crippen LogP contribution in [0.1, 0.15) is 40.2 Å². The smallest absolute Gasteiger partial charge is 0.337 e. The van der Waals surface area contributed by atoms with E-state index in [2.05, 4.69) is 4.98 Å². The molecule has 1 unspecified atom stereocenters. The number of aliphatic hydroxyl groups excluding tert-OH is 1. The van der Waals surface area contributed by atoms with E-state index in [1.54, 1.807) is 24.3 Å². The van der Waals surface area contributed by atoms with Crippen LogP contribution < -0.4 is 0 Å². The number of hydrogen-bond acceptors (Lipinski definition) is 4. The van der Waals surface area contributed by atoms with Gasteiger partial charge in [0.2, 0.25) is 0 Å². The molecule has 1 N–H and O–H groups in total. The van der Waals surface area contributed by atoms with E-state index in [0.717, 1.165) is 34.1 Å². The number of hydrogen-bond donors (Lipinski definition) is 1. The topological polar surface area (TPSA) is 59.4 Å². The van der Waals surface area contributed by atoms with Crippen LogP contribution in [0.2, 0.25) is 0 Å². The van der Waals surface area contributed by atoms with Crippen molar-refractivity contribution >= 4 is 16.9 Å². The van der Waals surface area contributed by atoms with E-state index in [0.29, 0.717) is 5.56 Å². The van der Waals surface area contributed by atoms with Gasteiger partial charge in [0.25, 0.3) is 0 Å². The van der Waals surface area contributed by atoms with Crippen LogP contribution in [-0.4, -0.2) is 23.2 Å². The summed E-state index contributed by atoms with van der Waals surface area (Å²) in [6.07, 6.45) is 0.0150. The Morgan fingerprint density at radius 3 is 2.54 bits per heavy atom. The van der Waals surface area contributed by atoms with Gasteiger partial charge in [-0.3, -0.25) is 4.98 Å². The van der Waals surface area contributed by atoms with E-state index in [4.69, 9.17) is 4.74 Å². The second kappa shape index (κ2) is 6.81. The molecule has 0 saturated heterocycles. The summed E-state index contributed by atoms with van der Waals surface area (Å²) < 4.78 is 4.70. The van der Waals surface area contributed by atoms with Gasteiger partial charge in [-0.25, -0.2) is 4.79 Å². The highest BCUT2D eigenvalue weighted by Crippen LogP contribution is 2.29. The third-order valence-electron chi connectivity index (χ3n) is 4.11. The van der Waals surface area contributed by atoms with Crippen molar-refractivity contribution < 1.29 is 14.6 Å². The number of rotatable bonds is 4. The molecular weight excluding hydrogens is 302 g/mol. The molecule has 0 spiro atoms. The van der Waals surface area contributed by atoms with Crippen molar-refractivity contribution in [3.8, 4) is 0 Å². The number of aromatic nitrogens is 1. The first-order chi connectivity index (χ1) is 11.6. The predicted molar refractivity (Wildman–Crippen MR) is 93.0 cm³/mol. The summed E-state index contributed by atoms with van der Waals surface area (Å²) in [5.74, 6) is -0.390. The molecule has 3 aromatic rings. The molecule has 4 nitrogen and oxygen atoms in total. The molecule has 0 radical (unpaired) electrons. The highest BCUT2D eigenvalue weighted by molar-refractivity contribution is 5.89. The molecule has 24 heavy (non-hydrogen) atoms.